The van der Waals surface area contributed by atoms with Crippen LogP contribution in [-0.2, 0) is 17.1 Å². The maximum absolute atomic E-state index is 12.4. The third-order valence-corrected chi connectivity index (χ3v) is 5.56. The number of carbonyl (C=O) groups excluding carboxylic acids is 1. The summed E-state index contributed by atoms with van der Waals surface area (Å²) < 4.78 is 1.47. The van der Waals surface area contributed by atoms with Crippen LogP contribution in [0.5, 0.6) is 0 Å². The van der Waals surface area contributed by atoms with Crippen LogP contribution in [0.25, 0.3) is 0 Å². The van der Waals surface area contributed by atoms with Crippen LogP contribution in [0.3, 0.4) is 0 Å². The van der Waals surface area contributed by atoms with E-state index in [2.05, 4.69) is 4.98 Å². The molecule has 1 aliphatic rings. The number of hydrogen-bond acceptors (Lipinski definition) is 4. The van der Waals surface area contributed by atoms with E-state index in [-0.39, 0.29) is 18.0 Å². The Morgan fingerprint density at radius 1 is 1.28 bits per heavy atom. The standard InChI is InChI=1S/C18H20ClN3O2S/c1-13-10-16(23)22(11-17(24)21-8-4-5-9-21)18(20-13)25-12-14-6-2-3-7-15(14)19/h2-3,6-7,10H,4-5,8-9,11-12H2,1H3. The van der Waals surface area contributed by atoms with Crippen molar-refractivity contribution in [3.8, 4) is 0 Å². The SMILES string of the molecule is Cc1cc(=O)n(CC(=O)N2CCCC2)c(SCc2ccccc2Cl)n1. The highest BCUT2D eigenvalue weighted by Gasteiger charge is 2.20. The zero-order valence-electron chi connectivity index (χ0n) is 14.1. The van der Waals surface area contributed by atoms with Gasteiger partial charge in [-0.2, -0.15) is 0 Å². The largest absolute Gasteiger partial charge is 0.341 e. The molecule has 5 nitrogen and oxygen atoms in total. The summed E-state index contributed by atoms with van der Waals surface area (Å²) in [5.41, 5.74) is 1.43. The second-order valence-electron chi connectivity index (χ2n) is 6.07. The molecule has 7 heteroatoms. The second-order valence-corrected chi connectivity index (χ2v) is 7.42. The van der Waals surface area contributed by atoms with Crippen LogP contribution in [-0.4, -0.2) is 33.4 Å². The smallest absolute Gasteiger partial charge is 0.254 e. The third kappa shape index (κ3) is 4.44. The van der Waals surface area contributed by atoms with Gasteiger partial charge in [-0.25, -0.2) is 4.98 Å². The molecular weight excluding hydrogens is 358 g/mol. The highest BCUT2D eigenvalue weighted by Crippen LogP contribution is 2.25. The number of aryl methyl sites for hydroxylation is 1. The predicted molar refractivity (Wildman–Crippen MR) is 100 cm³/mol. The van der Waals surface area contributed by atoms with E-state index in [1.807, 2.05) is 29.2 Å². The average Bonchev–Trinajstić information content (AvgIpc) is 3.11. The zero-order chi connectivity index (χ0) is 17.8. The lowest BCUT2D eigenvalue weighted by molar-refractivity contribution is -0.130. The van der Waals surface area contributed by atoms with Crippen molar-refractivity contribution in [1.82, 2.24) is 14.5 Å². The fourth-order valence-corrected chi connectivity index (χ4v) is 4.15. The van der Waals surface area contributed by atoms with E-state index in [1.165, 1.54) is 22.4 Å². The van der Waals surface area contributed by atoms with Gasteiger partial charge in [0, 0.05) is 35.6 Å². The Hall–Kier alpha value is -1.79. The quantitative estimate of drug-likeness (QED) is 0.593. The van der Waals surface area contributed by atoms with Crippen LogP contribution >= 0.6 is 23.4 Å². The van der Waals surface area contributed by atoms with Gasteiger partial charge in [-0.05, 0) is 31.4 Å². The molecule has 132 valence electrons. The van der Waals surface area contributed by atoms with E-state index in [9.17, 15) is 9.59 Å². The first-order valence-corrected chi connectivity index (χ1v) is 9.63. The summed E-state index contributed by atoms with van der Waals surface area (Å²) in [5, 5.41) is 1.24. The van der Waals surface area contributed by atoms with Crippen LogP contribution in [0, 0.1) is 6.92 Å². The van der Waals surface area contributed by atoms with Gasteiger partial charge in [-0.15, -0.1) is 0 Å². The number of hydrogen-bond donors (Lipinski definition) is 0. The molecule has 1 saturated heterocycles. The molecule has 1 fully saturated rings. The summed E-state index contributed by atoms with van der Waals surface area (Å²) in [4.78, 5) is 31.1. The van der Waals surface area contributed by atoms with Crippen molar-refractivity contribution in [3.05, 3.63) is 57.0 Å². The molecule has 0 spiro atoms. The molecule has 0 atom stereocenters. The van der Waals surface area contributed by atoms with Gasteiger partial charge in [0.1, 0.15) is 6.54 Å². The molecular formula is C18H20ClN3O2S. The minimum Gasteiger partial charge on any atom is -0.341 e. The van der Waals surface area contributed by atoms with Gasteiger partial charge in [0.05, 0.1) is 0 Å². The molecule has 0 unspecified atom stereocenters. The number of rotatable bonds is 5. The van der Waals surface area contributed by atoms with Crippen LogP contribution in [0.4, 0.5) is 0 Å². The molecule has 0 aliphatic carbocycles. The molecule has 1 aromatic carbocycles. The molecule has 25 heavy (non-hydrogen) atoms. The Bertz CT molecular complexity index is 831. The molecule has 2 heterocycles. The Kier molecular flexibility index (Phi) is 5.81. The molecule has 1 aromatic heterocycles. The Balaban J connectivity index is 1.81. The minimum atomic E-state index is -0.193. The minimum absolute atomic E-state index is 0.0233. The van der Waals surface area contributed by atoms with Crippen LogP contribution in [0.2, 0.25) is 5.02 Å². The van der Waals surface area contributed by atoms with Crippen molar-refractivity contribution < 1.29 is 4.79 Å². The van der Waals surface area contributed by atoms with Crippen molar-refractivity contribution in [3.63, 3.8) is 0 Å². The monoisotopic (exact) mass is 377 g/mol. The van der Waals surface area contributed by atoms with E-state index in [0.29, 0.717) is 21.6 Å². The normalized spacial score (nSPS) is 14.1. The maximum Gasteiger partial charge on any atom is 0.254 e. The zero-order valence-corrected chi connectivity index (χ0v) is 15.6. The fourth-order valence-electron chi connectivity index (χ4n) is 2.81. The summed E-state index contributed by atoms with van der Waals surface area (Å²) in [6.07, 6.45) is 2.06. The molecule has 0 radical (unpaired) electrons. The van der Waals surface area contributed by atoms with Gasteiger partial charge < -0.3 is 4.90 Å². The van der Waals surface area contributed by atoms with E-state index in [4.69, 9.17) is 11.6 Å². The molecule has 0 saturated carbocycles. The molecule has 1 aliphatic heterocycles. The summed E-state index contributed by atoms with van der Waals surface area (Å²) >= 11 is 7.62. The number of halogens is 1. The van der Waals surface area contributed by atoms with Crippen molar-refractivity contribution >= 4 is 29.3 Å². The van der Waals surface area contributed by atoms with Gasteiger partial charge in [0.2, 0.25) is 5.91 Å². The summed E-state index contributed by atoms with van der Waals surface area (Å²) in [5.74, 6) is 0.567. The number of nitrogens with zero attached hydrogens (tertiary/aromatic N) is 3. The second kappa shape index (κ2) is 8.06. The average molecular weight is 378 g/mol. The van der Waals surface area contributed by atoms with E-state index in [1.54, 1.807) is 6.92 Å². The number of benzene rings is 1. The lowest BCUT2D eigenvalue weighted by atomic mass is 10.2. The molecule has 1 amide bonds. The molecule has 2 aromatic rings. The van der Waals surface area contributed by atoms with Crippen molar-refractivity contribution in [1.29, 1.82) is 0 Å². The van der Waals surface area contributed by atoms with Gasteiger partial charge in [-0.3, -0.25) is 14.2 Å². The van der Waals surface area contributed by atoms with Gasteiger partial charge in [0.15, 0.2) is 5.16 Å². The van der Waals surface area contributed by atoms with Gasteiger partial charge in [-0.1, -0.05) is 41.6 Å². The number of carbonyl (C=O) groups is 1. The summed E-state index contributed by atoms with van der Waals surface area (Å²) in [7, 11) is 0. The van der Waals surface area contributed by atoms with E-state index >= 15 is 0 Å². The fraction of sp³-hybridized carbons (Fsp3) is 0.389. The first-order valence-electron chi connectivity index (χ1n) is 8.27. The Labute approximate surface area is 156 Å². The highest BCUT2D eigenvalue weighted by atomic mass is 35.5. The Morgan fingerprint density at radius 3 is 2.72 bits per heavy atom. The molecule has 3 rings (SSSR count). The van der Waals surface area contributed by atoms with E-state index in [0.717, 1.165) is 31.5 Å². The van der Waals surface area contributed by atoms with Crippen LogP contribution < -0.4 is 5.56 Å². The third-order valence-electron chi connectivity index (χ3n) is 4.17. The number of aromatic nitrogens is 2. The van der Waals surface area contributed by atoms with E-state index < -0.39 is 0 Å². The van der Waals surface area contributed by atoms with Crippen molar-refractivity contribution in [2.24, 2.45) is 0 Å². The lowest BCUT2D eigenvalue weighted by Gasteiger charge is -2.18. The van der Waals surface area contributed by atoms with Gasteiger partial charge in [0.25, 0.3) is 5.56 Å². The van der Waals surface area contributed by atoms with Crippen molar-refractivity contribution in [2.75, 3.05) is 13.1 Å². The molecule has 0 bridgehead atoms. The first kappa shape index (κ1) is 18.0. The highest BCUT2D eigenvalue weighted by molar-refractivity contribution is 7.98. The summed E-state index contributed by atoms with van der Waals surface area (Å²) in [6.45, 7) is 3.37. The van der Waals surface area contributed by atoms with Crippen molar-refractivity contribution in [2.45, 2.75) is 37.2 Å². The molecule has 0 N–H and O–H groups in total. The number of likely N-dealkylation sites (tertiary alicyclic amines) is 1. The lowest BCUT2D eigenvalue weighted by Crippen LogP contribution is -2.35. The number of thioether (sulfide) groups is 1. The van der Waals surface area contributed by atoms with Crippen LogP contribution in [0.15, 0.2) is 40.3 Å². The summed E-state index contributed by atoms with van der Waals surface area (Å²) in [6, 6.07) is 9.06. The van der Waals surface area contributed by atoms with Crippen LogP contribution in [0.1, 0.15) is 24.1 Å². The first-order chi connectivity index (χ1) is 12.0. The topological polar surface area (TPSA) is 55.2 Å². The predicted octanol–water partition coefficient (Wildman–Crippen LogP) is 3.12. The Morgan fingerprint density at radius 2 is 2.00 bits per heavy atom. The van der Waals surface area contributed by atoms with Gasteiger partial charge >= 0.3 is 0 Å². The maximum atomic E-state index is 12.4. The number of amides is 1.